The van der Waals surface area contributed by atoms with Crippen LogP contribution in [-0.2, 0) is 5.75 Å². The smallest absolute Gasteiger partial charge is 0.243 e. The van der Waals surface area contributed by atoms with E-state index in [1.54, 1.807) is 23.5 Å². The predicted molar refractivity (Wildman–Crippen MR) is 85.2 cm³/mol. The molecule has 0 aliphatic carbocycles. The molecular weight excluding hydrogens is 314 g/mol. The molecule has 0 aliphatic heterocycles. The minimum atomic E-state index is -0.186. The fraction of sp³-hybridized carbons (Fsp3) is 0.385. The van der Waals surface area contributed by atoms with Crippen molar-refractivity contribution in [3.8, 4) is 0 Å². The molecule has 0 saturated heterocycles. The lowest BCUT2D eigenvalue weighted by molar-refractivity contribution is 0.350. The number of thioether (sulfide) groups is 2. The third-order valence-corrected chi connectivity index (χ3v) is 4.78. The van der Waals surface area contributed by atoms with Gasteiger partial charge in [-0.25, -0.2) is 0 Å². The molecule has 0 fully saturated rings. The van der Waals surface area contributed by atoms with Gasteiger partial charge in [-0.3, -0.25) is 0 Å². The van der Waals surface area contributed by atoms with Crippen LogP contribution >= 0.6 is 35.1 Å². The van der Waals surface area contributed by atoms with E-state index >= 15 is 0 Å². The molecule has 2 rings (SSSR count). The van der Waals surface area contributed by atoms with Crippen molar-refractivity contribution in [3.05, 3.63) is 41.0 Å². The number of aromatic nitrogens is 2. The quantitative estimate of drug-likeness (QED) is 0.780. The van der Waals surface area contributed by atoms with Crippen LogP contribution < -0.4 is 5.73 Å². The van der Waals surface area contributed by atoms with Crippen LogP contribution in [0.4, 0.5) is 0 Å². The zero-order valence-electron chi connectivity index (χ0n) is 11.1. The third kappa shape index (κ3) is 4.41. The Morgan fingerprint density at radius 1 is 1.40 bits per heavy atom. The molecule has 7 heteroatoms. The third-order valence-electron chi connectivity index (χ3n) is 2.63. The zero-order valence-corrected chi connectivity index (χ0v) is 13.5. The van der Waals surface area contributed by atoms with Crippen LogP contribution in [0.2, 0.25) is 5.02 Å². The molecule has 0 bridgehead atoms. The van der Waals surface area contributed by atoms with Gasteiger partial charge in [-0.2, -0.15) is 16.7 Å². The molecule has 20 heavy (non-hydrogen) atoms. The Morgan fingerprint density at radius 3 is 2.95 bits per heavy atom. The number of nitrogens with two attached hydrogens (primary N) is 1. The fourth-order valence-electron chi connectivity index (χ4n) is 1.55. The van der Waals surface area contributed by atoms with Crippen molar-refractivity contribution in [3.63, 3.8) is 0 Å². The van der Waals surface area contributed by atoms with Crippen LogP contribution in [0.3, 0.4) is 0 Å². The summed E-state index contributed by atoms with van der Waals surface area (Å²) in [5, 5.41) is 4.69. The Bertz CT molecular complexity index is 550. The van der Waals surface area contributed by atoms with Crippen LogP contribution in [-0.4, -0.2) is 22.1 Å². The van der Waals surface area contributed by atoms with Gasteiger partial charge in [0, 0.05) is 4.90 Å². The maximum absolute atomic E-state index is 6.10. The predicted octanol–water partition coefficient (Wildman–Crippen LogP) is 3.77. The first-order chi connectivity index (χ1) is 9.70. The Balaban J connectivity index is 1.91. The van der Waals surface area contributed by atoms with Crippen molar-refractivity contribution in [2.45, 2.75) is 23.1 Å². The van der Waals surface area contributed by atoms with Crippen LogP contribution in [0.25, 0.3) is 0 Å². The first kappa shape index (κ1) is 15.7. The minimum Gasteiger partial charge on any atom is -0.338 e. The second-order valence-corrected chi connectivity index (χ2v) is 6.57. The fourth-order valence-corrected chi connectivity index (χ4v) is 3.12. The van der Waals surface area contributed by atoms with Gasteiger partial charge in [0.15, 0.2) is 5.82 Å². The lowest BCUT2D eigenvalue weighted by Gasteiger charge is -2.03. The van der Waals surface area contributed by atoms with E-state index in [9.17, 15) is 0 Å². The second kappa shape index (κ2) is 7.93. The Morgan fingerprint density at radius 2 is 2.20 bits per heavy atom. The average Bonchev–Trinajstić information content (AvgIpc) is 2.93. The molecule has 2 N–H and O–H groups in total. The van der Waals surface area contributed by atoms with Gasteiger partial charge in [0.1, 0.15) is 0 Å². The summed E-state index contributed by atoms with van der Waals surface area (Å²) < 4.78 is 5.20. The van der Waals surface area contributed by atoms with E-state index in [-0.39, 0.29) is 6.04 Å². The monoisotopic (exact) mass is 329 g/mol. The number of halogens is 1. The molecule has 108 valence electrons. The van der Waals surface area contributed by atoms with Gasteiger partial charge in [-0.15, -0.1) is 11.8 Å². The summed E-state index contributed by atoms with van der Waals surface area (Å²) in [5.74, 6) is 2.74. The van der Waals surface area contributed by atoms with Gasteiger partial charge < -0.3 is 10.3 Å². The molecule has 0 saturated carbocycles. The van der Waals surface area contributed by atoms with E-state index in [2.05, 4.69) is 10.1 Å². The summed E-state index contributed by atoms with van der Waals surface area (Å²) in [4.78, 5) is 5.34. The molecule has 0 spiro atoms. The molecule has 0 radical (unpaired) electrons. The van der Waals surface area contributed by atoms with E-state index in [1.807, 2.05) is 30.5 Å². The van der Waals surface area contributed by atoms with E-state index < -0.39 is 0 Å². The van der Waals surface area contributed by atoms with E-state index in [0.29, 0.717) is 17.5 Å². The zero-order chi connectivity index (χ0) is 14.4. The summed E-state index contributed by atoms with van der Waals surface area (Å²) in [6, 6.07) is 7.51. The number of rotatable bonds is 7. The number of nitrogens with zero attached hydrogens (tertiary/aromatic N) is 2. The molecular formula is C13H16ClN3OS2. The highest BCUT2D eigenvalue weighted by atomic mass is 35.5. The van der Waals surface area contributed by atoms with Gasteiger partial charge >= 0.3 is 0 Å². The summed E-state index contributed by atoms with van der Waals surface area (Å²) in [5.41, 5.74) is 5.99. The van der Waals surface area contributed by atoms with E-state index in [0.717, 1.165) is 22.1 Å². The SMILES string of the molecule is CSCCC(N)c1nc(CSc2ccccc2Cl)no1. The van der Waals surface area contributed by atoms with Crippen LogP contribution in [0.5, 0.6) is 0 Å². The van der Waals surface area contributed by atoms with Crippen molar-refractivity contribution in [2.24, 2.45) is 5.73 Å². The Labute approximate surface area is 131 Å². The molecule has 0 aliphatic rings. The average molecular weight is 330 g/mol. The Kier molecular flexibility index (Phi) is 6.22. The highest BCUT2D eigenvalue weighted by Crippen LogP contribution is 2.28. The molecule has 1 unspecified atom stereocenters. The van der Waals surface area contributed by atoms with Crippen LogP contribution in [0.15, 0.2) is 33.7 Å². The van der Waals surface area contributed by atoms with Crippen LogP contribution in [0, 0.1) is 0 Å². The van der Waals surface area contributed by atoms with E-state index in [1.165, 1.54) is 0 Å². The minimum absolute atomic E-state index is 0.186. The van der Waals surface area contributed by atoms with Gasteiger partial charge in [0.05, 0.1) is 16.8 Å². The highest BCUT2D eigenvalue weighted by Gasteiger charge is 2.14. The van der Waals surface area contributed by atoms with Crippen LogP contribution in [0.1, 0.15) is 24.2 Å². The molecule has 1 aromatic carbocycles. The Hall–Kier alpha value is -0.690. The standard InChI is InChI=1S/C13H16ClN3OS2/c1-19-7-6-10(15)13-16-12(17-18-13)8-20-11-5-3-2-4-9(11)14/h2-5,10H,6-8,15H2,1H3. The number of hydrogen-bond acceptors (Lipinski definition) is 6. The summed E-state index contributed by atoms with van der Waals surface area (Å²) in [7, 11) is 0. The summed E-state index contributed by atoms with van der Waals surface area (Å²) in [6.07, 6.45) is 2.88. The molecule has 2 aromatic rings. The molecule has 0 amide bonds. The lowest BCUT2D eigenvalue weighted by Crippen LogP contribution is -2.11. The summed E-state index contributed by atoms with van der Waals surface area (Å²) >= 11 is 9.43. The maximum atomic E-state index is 6.10. The van der Waals surface area contributed by atoms with E-state index in [4.69, 9.17) is 21.9 Å². The largest absolute Gasteiger partial charge is 0.338 e. The first-order valence-corrected chi connectivity index (χ1v) is 8.90. The number of hydrogen-bond donors (Lipinski definition) is 1. The van der Waals surface area contributed by atoms with Gasteiger partial charge in [0.25, 0.3) is 0 Å². The van der Waals surface area contributed by atoms with Crippen molar-refractivity contribution >= 4 is 35.1 Å². The van der Waals surface area contributed by atoms with Crippen molar-refractivity contribution < 1.29 is 4.52 Å². The maximum Gasteiger partial charge on any atom is 0.243 e. The molecule has 1 aromatic heterocycles. The van der Waals surface area contributed by atoms with Crippen molar-refractivity contribution in [2.75, 3.05) is 12.0 Å². The van der Waals surface area contributed by atoms with Gasteiger partial charge in [-0.05, 0) is 30.6 Å². The van der Waals surface area contributed by atoms with Gasteiger partial charge in [-0.1, -0.05) is 28.9 Å². The lowest BCUT2D eigenvalue weighted by atomic mass is 10.2. The van der Waals surface area contributed by atoms with Gasteiger partial charge in [0.2, 0.25) is 5.89 Å². The van der Waals surface area contributed by atoms with Crippen molar-refractivity contribution in [1.82, 2.24) is 10.1 Å². The molecule has 1 heterocycles. The number of benzene rings is 1. The molecule has 1 atom stereocenters. The summed E-state index contributed by atoms with van der Waals surface area (Å²) in [6.45, 7) is 0. The van der Waals surface area contributed by atoms with Crippen molar-refractivity contribution in [1.29, 1.82) is 0 Å². The molecule has 4 nitrogen and oxygen atoms in total. The second-order valence-electron chi connectivity index (χ2n) is 4.16. The normalized spacial score (nSPS) is 12.6. The first-order valence-electron chi connectivity index (χ1n) is 6.15. The highest BCUT2D eigenvalue weighted by molar-refractivity contribution is 7.98. The topological polar surface area (TPSA) is 64.9 Å².